The molecule has 1 rings (SSSR count). The van der Waals surface area contributed by atoms with E-state index in [-0.39, 0.29) is 18.6 Å². The van der Waals surface area contributed by atoms with E-state index >= 15 is 0 Å². The van der Waals surface area contributed by atoms with Gasteiger partial charge in [-0.1, -0.05) is 32.1 Å². The summed E-state index contributed by atoms with van der Waals surface area (Å²) in [7, 11) is 0. The van der Waals surface area contributed by atoms with Gasteiger partial charge in [0.05, 0.1) is 0 Å². The van der Waals surface area contributed by atoms with Crippen LogP contribution in [-0.4, -0.2) is 23.7 Å². The molecule has 0 heterocycles. The average Bonchev–Trinajstić information content (AvgIpc) is 2.44. The van der Waals surface area contributed by atoms with E-state index < -0.39 is 0 Å². The molecule has 0 aliphatic carbocycles. The minimum Gasteiger partial charge on any atom is -0.384 e. The fourth-order valence-corrected chi connectivity index (χ4v) is 1.63. The van der Waals surface area contributed by atoms with Crippen molar-refractivity contribution < 1.29 is 9.90 Å². The van der Waals surface area contributed by atoms with Crippen LogP contribution >= 0.6 is 0 Å². The summed E-state index contributed by atoms with van der Waals surface area (Å²) in [6.45, 7) is 6.10. The molecule has 0 aliphatic heterocycles. The molecule has 1 amide bonds. The van der Waals surface area contributed by atoms with Crippen LogP contribution in [0.3, 0.4) is 0 Å². The van der Waals surface area contributed by atoms with E-state index in [1.54, 1.807) is 24.3 Å². The first-order chi connectivity index (χ1) is 9.08. The first kappa shape index (κ1) is 15.3. The molecule has 19 heavy (non-hydrogen) atoms. The molecular formula is C16H21NO2. The van der Waals surface area contributed by atoms with Gasteiger partial charge in [0.15, 0.2) is 0 Å². The molecule has 1 aromatic carbocycles. The quantitative estimate of drug-likeness (QED) is 0.814. The highest BCUT2D eigenvalue weighted by molar-refractivity contribution is 5.94. The highest BCUT2D eigenvalue weighted by atomic mass is 16.2. The summed E-state index contributed by atoms with van der Waals surface area (Å²) >= 11 is 0. The SMILES string of the molecule is CCC(C)C(C)NC(=O)c1ccc(C#CCO)cc1. The number of carbonyl (C=O) groups is 1. The van der Waals surface area contributed by atoms with E-state index in [1.165, 1.54) is 0 Å². The summed E-state index contributed by atoms with van der Waals surface area (Å²) in [5.74, 6) is 5.77. The van der Waals surface area contributed by atoms with E-state index in [2.05, 4.69) is 31.0 Å². The fraction of sp³-hybridized carbons (Fsp3) is 0.438. The number of benzene rings is 1. The van der Waals surface area contributed by atoms with Crippen molar-refractivity contribution in [2.75, 3.05) is 6.61 Å². The van der Waals surface area contributed by atoms with Gasteiger partial charge in [0, 0.05) is 17.2 Å². The first-order valence-electron chi connectivity index (χ1n) is 6.59. The molecule has 2 N–H and O–H groups in total. The molecule has 0 aromatic heterocycles. The highest BCUT2D eigenvalue weighted by Gasteiger charge is 2.14. The molecule has 0 fully saturated rings. The van der Waals surface area contributed by atoms with Gasteiger partial charge in [-0.2, -0.15) is 0 Å². The number of aliphatic hydroxyl groups excluding tert-OH is 1. The summed E-state index contributed by atoms with van der Waals surface area (Å²) in [6.07, 6.45) is 1.04. The highest BCUT2D eigenvalue weighted by Crippen LogP contribution is 2.09. The van der Waals surface area contributed by atoms with Crippen LogP contribution in [0.15, 0.2) is 24.3 Å². The lowest BCUT2D eigenvalue weighted by Crippen LogP contribution is -2.36. The second-order valence-electron chi connectivity index (χ2n) is 4.68. The molecule has 0 aliphatic rings. The Morgan fingerprint density at radius 2 is 1.95 bits per heavy atom. The average molecular weight is 259 g/mol. The van der Waals surface area contributed by atoms with Crippen LogP contribution in [0.5, 0.6) is 0 Å². The third-order valence-electron chi connectivity index (χ3n) is 3.32. The van der Waals surface area contributed by atoms with Crippen LogP contribution in [0.2, 0.25) is 0 Å². The Balaban J connectivity index is 2.68. The number of hydrogen-bond donors (Lipinski definition) is 2. The van der Waals surface area contributed by atoms with Gasteiger partial charge in [0.1, 0.15) is 6.61 Å². The monoisotopic (exact) mass is 259 g/mol. The maximum absolute atomic E-state index is 12.0. The standard InChI is InChI=1S/C16H21NO2/c1-4-12(2)13(3)17-16(19)15-9-7-14(8-10-15)6-5-11-18/h7-10,12-13,18H,4,11H2,1-3H3,(H,17,19). The molecule has 0 saturated carbocycles. The van der Waals surface area contributed by atoms with Crippen LogP contribution in [0, 0.1) is 17.8 Å². The minimum absolute atomic E-state index is 0.0607. The van der Waals surface area contributed by atoms with Gasteiger partial charge in [-0.15, -0.1) is 0 Å². The lowest BCUT2D eigenvalue weighted by Gasteiger charge is -2.19. The predicted octanol–water partition coefficient (Wildman–Crippen LogP) is 2.19. The topological polar surface area (TPSA) is 49.3 Å². The fourth-order valence-electron chi connectivity index (χ4n) is 1.63. The Bertz CT molecular complexity index is 468. The van der Waals surface area contributed by atoms with Crippen LogP contribution < -0.4 is 5.32 Å². The van der Waals surface area contributed by atoms with Crippen molar-refractivity contribution >= 4 is 5.91 Å². The molecule has 1 aromatic rings. The molecule has 0 spiro atoms. The lowest BCUT2D eigenvalue weighted by atomic mass is 10.0. The smallest absolute Gasteiger partial charge is 0.251 e. The minimum atomic E-state index is -0.158. The van der Waals surface area contributed by atoms with E-state index in [1.807, 2.05) is 6.92 Å². The van der Waals surface area contributed by atoms with E-state index in [9.17, 15) is 4.79 Å². The molecule has 0 saturated heterocycles. The van der Waals surface area contributed by atoms with Crippen molar-refractivity contribution in [1.82, 2.24) is 5.32 Å². The molecular weight excluding hydrogens is 238 g/mol. The van der Waals surface area contributed by atoms with Gasteiger partial charge < -0.3 is 10.4 Å². The maximum Gasteiger partial charge on any atom is 0.251 e. The molecule has 2 unspecified atom stereocenters. The maximum atomic E-state index is 12.0. The van der Waals surface area contributed by atoms with Crippen LogP contribution in [0.25, 0.3) is 0 Å². The summed E-state index contributed by atoms with van der Waals surface area (Å²) in [5, 5.41) is 11.6. The van der Waals surface area contributed by atoms with E-state index in [0.717, 1.165) is 12.0 Å². The number of hydrogen-bond acceptors (Lipinski definition) is 2. The number of carbonyl (C=O) groups excluding carboxylic acids is 1. The molecule has 102 valence electrons. The van der Waals surface area contributed by atoms with Crippen molar-refractivity contribution in [1.29, 1.82) is 0 Å². The first-order valence-corrected chi connectivity index (χ1v) is 6.59. The number of rotatable bonds is 4. The van der Waals surface area contributed by atoms with E-state index in [4.69, 9.17) is 5.11 Å². The Morgan fingerprint density at radius 1 is 1.32 bits per heavy atom. The Morgan fingerprint density at radius 3 is 2.47 bits per heavy atom. The lowest BCUT2D eigenvalue weighted by molar-refractivity contribution is 0.0928. The zero-order valence-electron chi connectivity index (χ0n) is 11.7. The Hall–Kier alpha value is -1.79. The van der Waals surface area contributed by atoms with Gasteiger partial charge in [-0.3, -0.25) is 4.79 Å². The van der Waals surface area contributed by atoms with Crippen LogP contribution in [0.1, 0.15) is 43.1 Å². The van der Waals surface area contributed by atoms with Crippen LogP contribution in [0.4, 0.5) is 0 Å². The molecule has 2 atom stereocenters. The molecule has 0 bridgehead atoms. The van der Waals surface area contributed by atoms with Crippen molar-refractivity contribution in [3.63, 3.8) is 0 Å². The van der Waals surface area contributed by atoms with Crippen molar-refractivity contribution in [3.05, 3.63) is 35.4 Å². The van der Waals surface area contributed by atoms with Gasteiger partial charge in [-0.25, -0.2) is 0 Å². The van der Waals surface area contributed by atoms with Gasteiger partial charge >= 0.3 is 0 Å². The number of aliphatic hydroxyl groups is 1. The number of amides is 1. The van der Waals surface area contributed by atoms with Crippen molar-refractivity contribution in [2.45, 2.75) is 33.2 Å². The summed E-state index contributed by atoms with van der Waals surface area (Å²) < 4.78 is 0. The summed E-state index contributed by atoms with van der Waals surface area (Å²) in [5.41, 5.74) is 1.42. The zero-order chi connectivity index (χ0) is 14.3. The van der Waals surface area contributed by atoms with Gasteiger partial charge in [0.2, 0.25) is 0 Å². The largest absolute Gasteiger partial charge is 0.384 e. The third-order valence-corrected chi connectivity index (χ3v) is 3.32. The molecule has 0 radical (unpaired) electrons. The summed E-state index contributed by atoms with van der Waals surface area (Å²) in [6, 6.07) is 7.23. The predicted molar refractivity (Wildman–Crippen MR) is 76.8 cm³/mol. The second kappa shape index (κ2) is 7.60. The number of nitrogens with one attached hydrogen (secondary N) is 1. The molecule has 3 nitrogen and oxygen atoms in total. The van der Waals surface area contributed by atoms with E-state index in [0.29, 0.717) is 11.5 Å². The molecule has 3 heteroatoms. The Kier molecular flexibility index (Phi) is 6.11. The van der Waals surface area contributed by atoms with Gasteiger partial charge in [0.25, 0.3) is 5.91 Å². The van der Waals surface area contributed by atoms with Crippen LogP contribution in [-0.2, 0) is 0 Å². The zero-order valence-corrected chi connectivity index (χ0v) is 11.7. The Labute approximate surface area is 115 Å². The summed E-state index contributed by atoms with van der Waals surface area (Å²) in [4.78, 5) is 12.0. The van der Waals surface area contributed by atoms with Crippen molar-refractivity contribution in [2.24, 2.45) is 5.92 Å². The second-order valence-corrected chi connectivity index (χ2v) is 4.68. The third kappa shape index (κ3) is 4.76. The van der Waals surface area contributed by atoms with Gasteiger partial charge in [-0.05, 0) is 37.1 Å². The van der Waals surface area contributed by atoms with Crippen molar-refractivity contribution in [3.8, 4) is 11.8 Å². The normalized spacial score (nSPS) is 13.1.